The van der Waals surface area contributed by atoms with Crippen LogP contribution in [0.1, 0.15) is 46.0 Å². The molecule has 1 aliphatic heterocycles. The summed E-state index contributed by atoms with van der Waals surface area (Å²) < 4.78 is 0. The Bertz CT molecular complexity index is 193. The van der Waals surface area contributed by atoms with Gasteiger partial charge in [0.15, 0.2) is 0 Å². The number of nitrogens with zero attached hydrogens (tertiary/aromatic N) is 1. The van der Waals surface area contributed by atoms with E-state index in [1.807, 2.05) is 0 Å². The van der Waals surface area contributed by atoms with E-state index in [4.69, 9.17) is 0 Å². The zero-order valence-corrected chi connectivity index (χ0v) is 10.4. The molecule has 0 radical (unpaired) electrons. The molecule has 0 aromatic rings. The lowest BCUT2D eigenvalue weighted by molar-refractivity contribution is 0.105. The van der Waals surface area contributed by atoms with E-state index >= 15 is 0 Å². The molecule has 1 saturated carbocycles. The summed E-state index contributed by atoms with van der Waals surface area (Å²) in [6, 6.07) is 0.857. The first-order chi connectivity index (χ1) is 7.20. The standard InChI is InChI=1S/C13H26N2/c1-13(2)7-3-6-12(13)15-10-4-8-14-9-5-11-15/h12,14H,3-11H2,1-2H3. The van der Waals surface area contributed by atoms with Crippen LogP contribution in [0.3, 0.4) is 0 Å². The van der Waals surface area contributed by atoms with Gasteiger partial charge in [0, 0.05) is 6.04 Å². The molecular formula is C13H26N2. The van der Waals surface area contributed by atoms with Gasteiger partial charge in [0.2, 0.25) is 0 Å². The Balaban J connectivity index is 1.95. The fraction of sp³-hybridized carbons (Fsp3) is 1.00. The predicted molar refractivity (Wildman–Crippen MR) is 65.1 cm³/mol. The molecule has 2 fully saturated rings. The molecule has 15 heavy (non-hydrogen) atoms. The predicted octanol–water partition coefficient (Wildman–Crippen LogP) is 2.25. The summed E-state index contributed by atoms with van der Waals surface area (Å²) in [7, 11) is 0. The summed E-state index contributed by atoms with van der Waals surface area (Å²) in [6.07, 6.45) is 6.94. The molecule has 1 saturated heterocycles. The third-order valence-electron chi connectivity index (χ3n) is 4.24. The summed E-state index contributed by atoms with van der Waals surface area (Å²) in [5.74, 6) is 0. The van der Waals surface area contributed by atoms with Crippen molar-refractivity contribution in [1.82, 2.24) is 10.2 Å². The largest absolute Gasteiger partial charge is 0.317 e. The lowest BCUT2D eigenvalue weighted by Gasteiger charge is -2.38. The van der Waals surface area contributed by atoms with Crippen LogP contribution < -0.4 is 5.32 Å². The van der Waals surface area contributed by atoms with E-state index in [2.05, 4.69) is 24.1 Å². The first kappa shape index (κ1) is 11.4. The second-order valence-electron chi connectivity index (χ2n) is 5.89. The average Bonchev–Trinajstić information content (AvgIpc) is 2.45. The Labute approximate surface area is 94.4 Å². The van der Waals surface area contributed by atoms with Gasteiger partial charge in [-0.25, -0.2) is 0 Å². The lowest BCUT2D eigenvalue weighted by atomic mass is 9.86. The van der Waals surface area contributed by atoms with Gasteiger partial charge in [0.1, 0.15) is 0 Å². The van der Waals surface area contributed by atoms with Gasteiger partial charge >= 0.3 is 0 Å². The summed E-state index contributed by atoms with van der Waals surface area (Å²) in [4.78, 5) is 2.77. The van der Waals surface area contributed by atoms with Crippen molar-refractivity contribution in [2.75, 3.05) is 26.2 Å². The lowest BCUT2D eigenvalue weighted by Crippen LogP contribution is -2.45. The second kappa shape index (κ2) is 4.84. The van der Waals surface area contributed by atoms with E-state index in [9.17, 15) is 0 Å². The first-order valence-electron chi connectivity index (χ1n) is 6.65. The number of hydrogen-bond acceptors (Lipinski definition) is 2. The summed E-state index contributed by atoms with van der Waals surface area (Å²) >= 11 is 0. The van der Waals surface area contributed by atoms with Crippen LogP contribution in [0.15, 0.2) is 0 Å². The van der Waals surface area contributed by atoms with Gasteiger partial charge in [-0.2, -0.15) is 0 Å². The summed E-state index contributed by atoms with van der Waals surface area (Å²) in [5.41, 5.74) is 0.562. The van der Waals surface area contributed by atoms with Crippen molar-refractivity contribution in [3.05, 3.63) is 0 Å². The molecule has 0 bridgehead atoms. The summed E-state index contributed by atoms with van der Waals surface area (Å²) in [5, 5.41) is 3.49. The molecule has 88 valence electrons. The minimum absolute atomic E-state index is 0.562. The number of nitrogens with one attached hydrogen (secondary N) is 1. The van der Waals surface area contributed by atoms with Gasteiger partial charge < -0.3 is 5.32 Å². The van der Waals surface area contributed by atoms with E-state index < -0.39 is 0 Å². The molecule has 1 unspecified atom stereocenters. The minimum atomic E-state index is 0.562. The molecule has 2 nitrogen and oxygen atoms in total. The van der Waals surface area contributed by atoms with Crippen molar-refractivity contribution in [1.29, 1.82) is 0 Å². The van der Waals surface area contributed by atoms with Crippen molar-refractivity contribution in [3.63, 3.8) is 0 Å². The highest BCUT2D eigenvalue weighted by Gasteiger charge is 2.37. The van der Waals surface area contributed by atoms with Crippen LogP contribution >= 0.6 is 0 Å². The fourth-order valence-corrected chi connectivity index (χ4v) is 3.35. The third kappa shape index (κ3) is 2.73. The van der Waals surface area contributed by atoms with Crippen LogP contribution in [0, 0.1) is 5.41 Å². The van der Waals surface area contributed by atoms with Gasteiger partial charge in [-0.05, 0) is 57.3 Å². The monoisotopic (exact) mass is 210 g/mol. The second-order valence-corrected chi connectivity index (χ2v) is 5.89. The molecule has 2 heteroatoms. The zero-order chi connectivity index (χ0) is 10.7. The topological polar surface area (TPSA) is 15.3 Å². The molecule has 1 aliphatic carbocycles. The highest BCUT2D eigenvalue weighted by Crippen LogP contribution is 2.40. The SMILES string of the molecule is CC1(C)CCCC1N1CCCNCCC1. The van der Waals surface area contributed by atoms with Crippen molar-refractivity contribution < 1.29 is 0 Å². The van der Waals surface area contributed by atoms with E-state index in [0.717, 1.165) is 6.04 Å². The molecule has 1 atom stereocenters. The quantitative estimate of drug-likeness (QED) is 0.714. The van der Waals surface area contributed by atoms with Gasteiger partial charge in [-0.15, -0.1) is 0 Å². The maximum Gasteiger partial charge on any atom is 0.0146 e. The van der Waals surface area contributed by atoms with Gasteiger partial charge in [0.25, 0.3) is 0 Å². The normalized spacial score (nSPS) is 33.6. The molecule has 1 heterocycles. The van der Waals surface area contributed by atoms with Crippen LogP contribution in [0.5, 0.6) is 0 Å². The van der Waals surface area contributed by atoms with Crippen molar-refractivity contribution in [2.24, 2.45) is 5.41 Å². The maximum absolute atomic E-state index is 3.49. The van der Waals surface area contributed by atoms with Crippen molar-refractivity contribution >= 4 is 0 Å². The molecule has 2 rings (SSSR count). The zero-order valence-electron chi connectivity index (χ0n) is 10.4. The molecule has 0 aromatic carbocycles. The van der Waals surface area contributed by atoms with Crippen molar-refractivity contribution in [2.45, 2.75) is 52.0 Å². The average molecular weight is 210 g/mol. The Kier molecular flexibility index (Phi) is 3.68. The fourth-order valence-electron chi connectivity index (χ4n) is 3.35. The van der Waals surface area contributed by atoms with Crippen LogP contribution in [0.4, 0.5) is 0 Å². The Hall–Kier alpha value is -0.0800. The molecule has 0 amide bonds. The molecule has 0 spiro atoms. The molecule has 2 aliphatic rings. The molecular weight excluding hydrogens is 184 g/mol. The number of rotatable bonds is 1. The number of hydrogen-bond donors (Lipinski definition) is 1. The van der Waals surface area contributed by atoms with Gasteiger partial charge in [-0.3, -0.25) is 4.90 Å². The summed E-state index contributed by atoms with van der Waals surface area (Å²) in [6.45, 7) is 9.96. The third-order valence-corrected chi connectivity index (χ3v) is 4.24. The Morgan fingerprint density at radius 1 is 1.07 bits per heavy atom. The minimum Gasteiger partial charge on any atom is -0.317 e. The van der Waals surface area contributed by atoms with E-state index in [1.165, 1.54) is 58.3 Å². The van der Waals surface area contributed by atoms with E-state index in [-0.39, 0.29) is 0 Å². The van der Waals surface area contributed by atoms with Crippen LogP contribution in [0.25, 0.3) is 0 Å². The van der Waals surface area contributed by atoms with Crippen LogP contribution in [-0.4, -0.2) is 37.1 Å². The molecule has 0 aromatic heterocycles. The Morgan fingerprint density at radius 2 is 1.73 bits per heavy atom. The van der Waals surface area contributed by atoms with Crippen molar-refractivity contribution in [3.8, 4) is 0 Å². The highest BCUT2D eigenvalue weighted by atomic mass is 15.2. The first-order valence-corrected chi connectivity index (χ1v) is 6.65. The highest BCUT2D eigenvalue weighted by molar-refractivity contribution is 4.92. The van der Waals surface area contributed by atoms with Crippen LogP contribution in [0.2, 0.25) is 0 Å². The van der Waals surface area contributed by atoms with E-state index in [1.54, 1.807) is 0 Å². The van der Waals surface area contributed by atoms with E-state index in [0.29, 0.717) is 5.41 Å². The molecule has 1 N–H and O–H groups in total. The van der Waals surface area contributed by atoms with Gasteiger partial charge in [-0.1, -0.05) is 20.3 Å². The maximum atomic E-state index is 3.49. The Morgan fingerprint density at radius 3 is 2.27 bits per heavy atom. The van der Waals surface area contributed by atoms with Gasteiger partial charge in [0.05, 0.1) is 0 Å². The smallest absolute Gasteiger partial charge is 0.0146 e. The van der Waals surface area contributed by atoms with Crippen LogP contribution in [-0.2, 0) is 0 Å².